The van der Waals surface area contributed by atoms with E-state index in [0.717, 1.165) is 19.3 Å². The highest BCUT2D eigenvalue weighted by Crippen LogP contribution is 2.46. The van der Waals surface area contributed by atoms with E-state index in [0.29, 0.717) is 13.0 Å². The van der Waals surface area contributed by atoms with Crippen LogP contribution in [0.15, 0.2) is 0 Å². The van der Waals surface area contributed by atoms with E-state index in [4.69, 9.17) is 19.5 Å². The minimum atomic E-state index is -0.818. The van der Waals surface area contributed by atoms with Gasteiger partial charge in [0, 0.05) is 12.3 Å². The fraction of sp³-hybridized carbons (Fsp3) is 0.923. The van der Waals surface area contributed by atoms with Gasteiger partial charge in [-0.2, -0.15) is 5.26 Å². The second-order valence-electron chi connectivity index (χ2n) is 5.72. The Morgan fingerprint density at radius 1 is 1.50 bits per heavy atom. The molecular formula is C13H19NO4. The van der Waals surface area contributed by atoms with Crippen LogP contribution in [0.1, 0.15) is 32.6 Å². The Balaban J connectivity index is 1.69. The van der Waals surface area contributed by atoms with Crippen molar-refractivity contribution in [1.82, 2.24) is 0 Å². The SMILES string of the molecule is CC(C#N)C[C@H]1CC[C@@H]2O[C@@H]3C[C@]2(CO[C@H]3O)O1. The molecule has 0 aromatic rings. The van der Waals surface area contributed by atoms with Gasteiger partial charge in [0.2, 0.25) is 0 Å². The number of aliphatic hydroxyl groups is 1. The highest BCUT2D eigenvalue weighted by atomic mass is 16.7. The number of nitriles is 1. The van der Waals surface area contributed by atoms with E-state index in [9.17, 15) is 5.11 Å². The summed E-state index contributed by atoms with van der Waals surface area (Å²) in [7, 11) is 0. The zero-order valence-corrected chi connectivity index (χ0v) is 10.5. The molecule has 0 aromatic heterocycles. The molecule has 3 fully saturated rings. The number of rotatable bonds is 2. The summed E-state index contributed by atoms with van der Waals surface area (Å²) in [6, 6.07) is 2.25. The summed E-state index contributed by atoms with van der Waals surface area (Å²) in [5.41, 5.74) is -0.387. The van der Waals surface area contributed by atoms with Crippen LogP contribution in [0.3, 0.4) is 0 Å². The molecule has 6 atom stereocenters. The summed E-state index contributed by atoms with van der Waals surface area (Å²) in [4.78, 5) is 0. The van der Waals surface area contributed by atoms with Crippen LogP contribution >= 0.6 is 0 Å². The molecule has 1 N–H and O–H groups in total. The van der Waals surface area contributed by atoms with Crippen molar-refractivity contribution in [1.29, 1.82) is 5.26 Å². The molecule has 1 spiro atoms. The maximum atomic E-state index is 9.64. The summed E-state index contributed by atoms with van der Waals surface area (Å²) >= 11 is 0. The third-order valence-electron chi connectivity index (χ3n) is 4.28. The summed E-state index contributed by atoms with van der Waals surface area (Å²) in [5.74, 6) is 0.0103. The molecule has 3 aliphatic rings. The minimum absolute atomic E-state index is 0.0103. The fourth-order valence-corrected chi connectivity index (χ4v) is 3.34. The maximum absolute atomic E-state index is 9.64. The van der Waals surface area contributed by atoms with Gasteiger partial charge in [0.25, 0.3) is 0 Å². The molecule has 0 saturated carbocycles. The summed E-state index contributed by atoms with van der Waals surface area (Å²) in [5, 5.41) is 18.5. The molecule has 3 rings (SSSR count). The Morgan fingerprint density at radius 2 is 2.33 bits per heavy atom. The smallest absolute Gasteiger partial charge is 0.181 e. The highest BCUT2D eigenvalue weighted by molar-refractivity contribution is 5.04. The molecule has 5 heteroatoms. The summed E-state index contributed by atoms with van der Waals surface area (Å²) in [6.45, 7) is 2.31. The average Bonchev–Trinajstić information content (AvgIpc) is 2.68. The number of nitrogens with zero attached hydrogens (tertiary/aromatic N) is 1. The number of hydrogen-bond acceptors (Lipinski definition) is 5. The van der Waals surface area contributed by atoms with E-state index >= 15 is 0 Å². The van der Waals surface area contributed by atoms with Crippen molar-refractivity contribution in [3.63, 3.8) is 0 Å². The number of hydrogen-bond donors (Lipinski definition) is 1. The first-order valence-corrected chi connectivity index (χ1v) is 6.65. The maximum Gasteiger partial charge on any atom is 0.181 e. The van der Waals surface area contributed by atoms with E-state index in [1.165, 1.54) is 0 Å². The molecule has 3 aliphatic heterocycles. The summed E-state index contributed by atoms with van der Waals surface area (Å²) in [6.07, 6.45) is 2.38. The Labute approximate surface area is 107 Å². The van der Waals surface area contributed by atoms with Crippen molar-refractivity contribution in [3.05, 3.63) is 0 Å². The first-order chi connectivity index (χ1) is 8.63. The lowest BCUT2D eigenvalue weighted by Crippen LogP contribution is -2.54. The van der Waals surface area contributed by atoms with Crippen LogP contribution in [0.5, 0.6) is 0 Å². The third-order valence-corrected chi connectivity index (χ3v) is 4.28. The number of aliphatic hydroxyl groups excluding tert-OH is 1. The predicted molar refractivity (Wildman–Crippen MR) is 61.5 cm³/mol. The van der Waals surface area contributed by atoms with E-state index in [1.807, 2.05) is 6.92 Å². The van der Waals surface area contributed by atoms with Gasteiger partial charge >= 0.3 is 0 Å². The van der Waals surface area contributed by atoms with Gasteiger partial charge in [-0.1, -0.05) is 0 Å². The Bertz CT molecular complexity index is 368. The number of fused-ring (bicyclic) bond motifs is 1. The largest absolute Gasteiger partial charge is 0.366 e. The summed E-state index contributed by atoms with van der Waals surface area (Å²) < 4.78 is 17.3. The van der Waals surface area contributed by atoms with Crippen molar-refractivity contribution in [2.75, 3.05) is 6.61 Å². The monoisotopic (exact) mass is 253 g/mol. The molecule has 18 heavy (non-hydrogen) atoms. The topological polar surface area (TPSA) is 71.7 Å². The van der Waals surface area contributed by atoms with Gasteiger partial charge in [0.15, 0.2) is 6.29 Å². The molecular weight excluding hydrogens is 234 g/mol. The standard InChI is InChI=1S/C13H19NO4/c1-8(6-14)4-9-2-3-11-13(18-9)5-10(17-11)12(15)16-7-13/h8-12,15H,2-5,7H2,1H3/t8?,9-,10-,11+,12-,13-/m1/s1. The van der Waals surface area contributed by atoms with Gasteiger partial charge < -0.3 is 19.3 Å². The Hall–Kier alpha value is -0.670. The Morgan fingerprint density at radius 3 is 3.11 bits per heavy atom. The van der Waals surface area contributed by atoms with Crippen LogP contribution in [-0.2, 0) is 14.2 Å². The van der Waals surface area contributed by atoms with Crippen LogP contribution in [0, 0.1) is 17.2 Å². The quantitative estimate of drug-likeness (QED) is 0.793. The molecule has 2 bridgehead atoms. The van der Waals surface area contributed by atoms with Crippen molar-refractivity contribution in [2.24, 2.45) is 5.92 Å². The van der Waals surface area contributed by atoms with E-state index in [-0.39, 0.29) is 29.8 Å². The first-order valence-electron chi connectivity index (χ1n) is 6.65. The molecule has 0 aliphatic carbocycles. The molecule has 0 aromatic carbocycles. The third kappa shape index (κ3) is 1.94. The van der Waals surface area contributed by atoms with Gasteiger partial charge in [-0.3, -0.25) is 0 Å². The molecule has 0 amide bonds. The van der Waals surface area contributed by atoms with Crippen LogP contribution in [0.2, 0.25) is 0 Å². The lowest BCUT2D eigenvalue weighted by molar-refractivity contribution is -0.223. The van der Waals surface area contributed by atoms with Crippen LogP contribution in [0.4, 0.5) is 0 Å². The van der Waals surface area contributed by atoms with Crippen LogP contribution in [0.25, 0.3) is 0 Å². The minimum Gasteiger partial charge on any atom is -0.366 e. The van der Waals surface area contributed by atoms with Crippen LogP contribution in [-0.4, -0.2) is 41.9 Å². The van der Waals surface area contributed by atoms with Gasteiger partial charge in [-0.05, 0) is 26.2 Å². The molecule has 3 heterocycles. The fourth-order valence-electron chi connectivity index (χ4n) is 3.34. The number of ether oxygens (including phenoxy) is 3. The van der Waals surface area contributed by atoms with Crippen molar-refractivity contribution in [3.8, 4) is 6.07 Å². The van der Waals surface area contributed by atoms with E-state index in [1.54, 1.807) is 0 Å². The Kier molecular flexibility index (Phi) is 3.07. The molecule has 3 saturated heterocycles. The van der Waals surface area contributed by atoms with Crippen molar-refractivity contribution >= 4 is 0 Å². The zero-order chi connectivity index (χ0) is 12.8. The predicted octanol–water partition coefficient (Wildman–Crippen LogP) is 0.960. The van der Waals surface area contributed by atoms with Gasteiger partial charge in [0.05, 0.1) is 24.9 Å². The van der Waals surface area contributed by atoms with Gasteiger partial charge in [0.1, 0.15) is 11.7 Å². The average molecular weight is 253 g/mol. The molecule has 1 unspecified atom stereocenters. The molecule has 5 nitrogen and oxygen atoms in total. The van der Waals surface area contributed by atoms with E-state index in [2.05, 4.69) is 6.07 Å². The highest BCUT2D eigenvalue weighted by Gasteiger charge is 2.58. The second-order valence-corrected chi connectivity index (χ2v) is 5.72. The first kappa shape index (κ1) is 12.4. The second kappa shape index (κ2) is 4.46. The molecule has 0 radical (unpaired) electrons. The van der Waals surface area contributed by atoms with E-state index < -0.39 is 6.29 Å². The van der Waals surface area contributed by atoms with Crippen molar-refractivity contribution in [2.45, 2.75) is 62.8 Å². The lowest BCUT2D eigenvalue weighted by atomic mass is 9.84. The van der Waals surface area contributed by atoms with Gasteiger partial charge in [-0.15, -0.1) is 0 Å². The zero-order valence-electron chi connectivity index (χ0n) is 10.5. The van der Waals surface area contributed by atoms with Gasteiger partial charge in [-0.25, -0.2) is 0 Å². The molecule has 100 valence electrons. The van der Waals surface area contributed by atoms with Crippen molar-refractivity contribution < 1.29 is 19.3 Å². The lowest BCUT2D eigenvalue weighted by Gasteiger charge is -2.43. The normalized spacial score (nSPS) is 48.3. The van der Waals surface area contributed by atoms with Crippen LogP contribution < -0.4 is 0 Å².